The molecule has 3 aromatic rings. The highest BCUT2D eigenvalue weighted by molar-refractivity contribution is 7.89. The zero-order valence-electron chi connectivity index (χ0n) is 21.2. The third kappa shape index (κ3) is 6.25. The first-order valence-corrected chi connectivity index (χ1v) is 13.7. The molecule has 12 heteroatoms. The van der Waals surface area contributed by atoms with Crippen molar-refractivity contribution in [3.63, 3.8) is 0 Å². The van der Waals surface area contributed by atoms with Crippen molar-refractivity contribution in [1.29, 1.82) is 0 Å². The number of para-hydroxylation sites is 1. The minimum absolute atomic E-state index is 0.167. The molecule has 1 saturated carbocycles. The van der Waals surface area contributed by atoms with Crippen molar-refractivity contribution < 1.29 is 18.1 Å². The Labute approximate surface area is 216 Å². The highest BCUT2D eigenvalue weighted by Crippen LogP contribution is 2.31. The van der Waals surface area contributed by atoms with Crippen LogP contribution in [0.4, 0.5) is 17.5 Å². The molecular weight excluding hydrogens is 496 g/mol. The molecule has 0 amide bonds. The van der Waals surface area contributed by atoms with Crippen molar-refractivity contribution in [2.75, 3.05) is 44.5 Å². The Hall–Kier alpha value is -3.51. The zero-order chi connectivity index (χ0) is 26.6. The van der Waals surface area contributed by atoms with E-state index in [2.05, 4.69) is 20.0 Å². The van der Waals surface area contributed by atoms with E-state index in [1.165, 1.54) is 19.2 Å². The lowest BCUT2D eigenvalue weighted by Gasteiger charge is -2.28. The van der Waals surface area contributed by atoms with Gasteiger partial charge >= 0.3 is 0 Å². The average Bonchev–Trinajstić information content (AvgIpc) is 2.90. The van der Waals surface area contributed by atoms with Crippen molar-refractivity contribution in [3.8, 4) is 5.75 Å². The van der Waals surface area contributed by atoms with Crippen LogP contribution in [0.1, 0.15) is 25.7 Å². The predicted octanol–water partition coefficient (Wildman–Crippen LogP) is 3.81. The molecule has 1 aromatic heterocycles. The van der Waals surface area contributed by atoms with E-state index in [0.717, 1.165) is 55.0 Å². The number of hydrogen-bond donors (Lipinski definition) is 2. The summed E-state index contributed by atoms with van der Waals surface area (Å²) in [6.45, 7) is 0.980. The van der Waals surface area contributed by atoms with Gasteiger partial charge in [0.1, 0.15) is 11.6 Å². The van der Waals surface area contributed by atoms with Crippen molar-refractivity contribution in [2.45, 2.75) is 30.6 Å². The first-order chi connectivity index (χ1) is 17.7. The van der Waals surface area contributed by atoms with E-state index in [9.17, 15) is 18.5 Å². The van der Waals surface area contributed by atoms with Gasteiger partial charge in [0, 0.05) is 32.6 Å². The number of nitrogens with one attached hydrogen (secondary N) is 2. The Morgan fingerprint density at radius 2 is 1.73 bits per heavy atom. The highest BCUT2D eigenvalue weighted by atomic mass is 32.2. The summed E-state index contributed by atoms with van der Waals surface area (Å²) in [5.74, 6) is 2.28. The van der Waals surface area contributed by atoms with Crippen LogP contribution in [0.5, 0.6) is 5.75 Å². The van der Waals surface area contributed by atoms with Crippen LogP contribution in [-0.4, -0.2) is 57.6 Å². The fourth-order valence-corrected chi connectivity index (χ4v) is 5.92. The van der Waals surface area contributed by atoms with Crippen molar-refractivity contribution >= 4 is 38.4 Å². The molecule has 0 radical (unpaired) electrons. The Morgan fingerprint density at radius 1 is 1.05 bits per heavy atom. The van der Waals surface area contributed by atoms with E-state index in [1.807, 2.05) is 43.3 Å². The van der Waals surface area contributed by atoms with E-state index in [1.54, 1.807) is 0 Å². The Balaban J connectivity index is 1.31. The molecule has 0 saturated heterocycles. The number of rotatable bonds is 10. The lowest BCUT2D eigenvalue weighted by atomic mass is 9.82. The number of nitro groups is 1. The highest BCUT2D eigenvalue weighted by Gasteiger charge is 2.28. The maximum Gasteiger partial charge on any atom is 0.293 e. The van der Waals surface area contributed by atoms with Crippen molar-refractivity contribution in [1.82, 2.24) is 14.7 Å². The van der Waals surface area contributed by atoms with Crippen LogP contribution in [0.3, 0.4) is 0 Å². The summed E-state index contributed by atoms with van der Waals surface area (Å²) in [4.78, 5) is 21.6. The maximum absolute atomic E-state index is 12.8. The van der Waals surface area contributed by atoms with Crippen LogP contribution in [0.2, 0.25) is 0 Å². The van der Waals surface area contributed by atoms with Gasteiger partial charge in [-0.2, -0.15) is 4.98 Å². The maximum atomic E-state index is 12.8. The topological polar surface area (TPSA) is 140 Å². The molecule has 0 bridgehead atoms. The van der Waals surface area contributed by atoms with Crippen LogP contribution in [0.15, 0.2) is 47.4 Å². The molecule has 37 heavy (non-hydrogen) atoms. The normalized spacial score (nSPS) is 17.9. The number of hydrogen-bond acceptors (Lipinski definition) is 9. The third-order valence-electron chi connectivity index (χ3n) is 6.74. The van der Waals surface area contributed by atoms with E-state index >= 15 is 0 Å². The van der Waals surface area contributed by atoms with Gasteiger partial charge in [0.15, 0.2) is 4.90 Å². The largest absolute Gasteiger partial charge is 0.497 e. The monoisotopic (exact) mass is 528 g/mol. The first-order valence-electron chi connectivity index (χ1n) is 12.2. The fraction of sp³-hybridized carbons (Fsp3) is 0.440. The second kappa shape index (κ2) is 11.3. The van der Waals surface area contributed by atoms with Gasteiger partial charge in [-0.1, -0.05) is 12.1 Å². The number of benzene rings is 2. The lowest BCUT2D eigenvalue weighted by molar-refractivity contribution is -0.387. The molecule has 4 rings (SSSR count). The molecule has 1 aliphatic carbocycles. The van der Waals surface area contributed by atoms with Gasteiger partial charge in [0.05, 0.1) is 23.6 Å². The molecule has 198 valence electrons. The fourth-order valence-electron chi connectivity index (χ4n) is 4.65. The number of nitro benzene ring substituents is 1. The quantitative estimate of drug-likeness (QED) is 0.297. The molecule has 0 atom stereocenters. The van der Waals surface area contributed by atoms with Gasteiger partial charge in [-0.15, -0.1) is 0 Å². The van der Waals surface area contributed by atoms with E-state index in [0.29, 0.717) is 11.9 Å². The number of fused-ring (bicyclic) bond motifs is 1. The Morgan fingerprint density at radius 3 is 2.38 bits per heavy atom. The van der Waals surface area contributed by atoms with Crippen LogP contribution in [0, 0.1) is 22.0 Å². The number of methoxy groups -OCH3 is 1. The number of anilines is 2. The third-order valence-corrected chi connectivity index (χ3v) is 8.21. The second-order valence-electron chi connectivity index (χ2n) is 9.49. The minimum atomic E-state index is -4.03. The van der Waals surface area contributed by atoms with Gasteiger partial charge < -0.3 is 15.0 Å². The second-order valence-corrected chi connectivity index (χ2v) is 11.2. The van der Waals surface area contributed by atoms with Crippen LogP contribution >= 0.6 is 0 Å². The molecule has 0 unspecified atom stereocenters. The Kier molecular flexibility index (Phi) is 8.08. The summed E-state index contributed by atoms with van der Waals surface area (Å²) in [7, 11) is 1.26. The number of aromatic nitrogens is 2. The summed E-state index contributed by atoms with van der Waals surface area (Å²) in [6.07, 6.45) is 3.61. The molecule has 0 aliphatic heterocycles. The average molecular weight is 529 g/mol. The number of sulfonamides is 1. The molecule has 2 N–H and O–H groups in total. The van der Waals surface area contributed by atoms with Gasteiger partial charge in [-0.3, -0.25) is 10.1 Å². The molecule has 1 fully saturated rings. The van der Waals surface area contributed by atoms with Crippen LogP contribution in [-0.2, 0) is 10.0 Å². The zero-order valence-corrected chi connectivity index (χ0v) is 22.0. The van der Waals surface area contributed by atoms with E-state index in [-0.39, 0.29) is 23.1 Å². The summed E-state index contributed by atoms with van der Waals surface area (Å²) in [5.41, 5.74) is 0.381. The van der Waals surface area contributed by atoms with Crippen LogP contribution < -0.4 is 19.7 Å². The number of nitrogens with zero attached hydrogens (tertiary/aromatic N) is 4. The summed E-state index contributed by atoms with van der Waals surface area (Å²) >= 11 is 0. The van der Waals surface area contributed by atoms with Crippen molar-refractivity contribution in [2.24, 2.45) is 11.8 Å². The number of ether oxygens (including phenoxy) is 1. The molecule has 1 heterocycles. The summed E-state index contributed by atoms with van der Waals surface area (Å²) in [5, 5.41) is 15.8. The van der Waals surface area contributed by atoms with Crippen molar-refractivity contribution in [3.05, 3.63) is 52.6 Å². The molecule has 1 aliphatic rings. The molecule has 11 nitrogen and oxygen atoms in total. The van der Waals surface area contributed by atoms with Crippen LogP contribution in [0.25, 0.3) is 10.9 Å². The van der Waals surface area contributed by atoms with Gasteiger partial charge in [-0.05, 0) is 61.8 Å². The van der Waals surface area contributed by atoms with E-state index < -0.39 is 20.6 Å². The standard InChI is InChI=1S/C25H32N6O5S/c1-30(2)24-20-6-4-5-7-21(20)28-25(29-24)26-15-17-8-10-18(11-9-17)16-27-37(34,35)23-13-12-19(36-3)14-22(23)31(32)33/h4-7,12-14,17-18,27H,8-11,15-16H2,1-3H3,(H,26,28,29). The smallest absolute Gasteiger partial charge is 0.293 e. The Bertz CT molecular complexity index is 1370. The SMILES string of the molecule is COc1ccc(S(=O)(=O)NCC2CCC(CNc3nc(N(C)C)c4ccccc4n3)CC2)c([N+](=O)[O-])c1. The first kappa shape index (κ1) is 26.6. The lowest BCUT2D eigenvalue weighted by Crippen LogP contribution is -2.32. The molecular formula is C25H32N6O5S. The minimum Gasteiger partial charge on any atom is -0.497 e. The summed E-state index contributed by atoms with van der Waals surface area (Å²) < 4.78 is 33.2. The van der Waals surface area contributed by atoms with E-state index in [4.69, 9.17) is 4.74 Å². The summed E-state index contributed by atoms with van der Waals surface area (Å²) in [6, 6.07) is 11.6. The molecule has 2 aromatic carbocycles. The molecule has 0 spiro atoms. The van der Waals surface area contributed by atoms with Gasteiger partial charge in [-0.25, -0.2) is 18.1 Å². The predicted molar refractivity (Wildman–Crippen MR) is 143 cm³/mol. The van der Waals surface area contributed by atoms with Gasteiger partial charge in [0.2, 0.25) is 16.0 Å². The van der Waals surface area contributed by atoms with Gasteiger partial charge in [0.25, 0.3) is 5.69 Å².